The van der Waals surface area contributed by atoms with Gasteiger partial charge in [-0.1, -0.05) is 36.4 Å². The van der Waals surface area contributed by atoms with E-state index in [0.717, 1.165) is 41.2 Å². The largest absolute Gasteiger partial charge is 0.493 e. The van der Waals surface area contributed by atoms with E-state index in [1.807, 2.05) is 67.6 Å². The molecule has 0 saturated heterocycles. The lowest BCUT2D eigenvalue weighted by Gasteiger charge is -2.07. The predicted octanol–water partition coefficient (Wildman–Crippen LogP) is 4.93. The first-order valence-electron chi connectivity index (χ1n) is 9.63. The average Bonchev–Trinajstić information content (AvgIpc) is 3.12. The number of carbonyl (C=O) groups is 1. The van der Waals surface area contributed by atoms with Gasteiger partial charge in [-0.15, -0.1) is 0 Å². The summed E-state index contributed by atoms with van der Waals surface area (Å²) >= 11 is 0. The van der Waals surface area contributed by atoms with Crippen LogP contribution in [0, 0.1) is 6.92 Å². The van der Waals surface area contributed by atoms with Gasteiger partial charge in [-0.3, -0.25) is 0 Å². The molecule has 29 heavy (non-hydrogen) atoms. The van der Waals surface area contributed by atoms with E-state index < -0.39 is 0 Å². The highest BCUT2D eigenvalue weighted by Gasteiger charge is 2.11. The number of carbonyl (C=O) groups excluding carboxylic acids is 1. The highest BCUT2D eigenvalue weighted by atomic mass is 16.5. The van der Waals surface area contributed by atoms with Crippen LogP contribution in [0.4, 0.5) is 0 Å². The van der Waals surface area contributed by atoms with Crippen LogP contribution in [0.3, 0.4) is 0 Å². The topological polar surface area (TPSA) is 61.6 Å². The van der Waals surface area contributed by atoms with Crippen LogP contribution in [-0.2, 0) is 22.4 Å². The predicted molar refractivity (Wildman–Crippen MR) is 112 cm³/mol. The summed E-state index contributed by atoms with van der Waals surface area (Å²) in [6.45, 7) is 2.45. The Hall–Kier alpha value is -3.34. The summed E-state index contributed by atoms with van der Waals surface area (Å²) in [6, 6.07) is 17.9. The average molecular weight is 391 g/mol. The van der Waals surface area contributed by atoms with E-state index in [4.69, 9.17) is 9.15 Å². The molecule has 0 amide bonds. The fourth-order valence-corrected chi connectivity index (χ4v) is 2.92. The molecule has 0 radical (unpaired) electrons. The van der Waals surface area contributed by atoms with E-state index in [0.29, 0.717) is 18.9 Å². The van der Waals surface area contributed by atoms with Gasteiger partial charge < -0.3 is 13.9 Å². The van der Waals surface area contributed by atoms with Crippen LogP contribution < -0.4 is 4.74 Å². The minimum absolute atomic E-state index is 0.333. The summed E-state index contributed by atoms with van der Waals surface area (Å²) in [5.74, 6) is 1.95. The number of methoxy groups -OCH3 is 1. The third-order valence-electron chi connectivity index (χ3n) is 4.47. The van der Waals surface area contributed by atoms with E-state index in [1.54, 1.807) is 0 Å². The maximum absolute atomic E-state index is 11.1. The Labute approximate surface area is 171 Å². The molecule has 0 spiro atoms. The van der Waals surface area contributed by atoms with Gasteiger partial charge in [-0.05, 0) is 49.6 Å². The molecule has 1 aromatic heterocycles. The molecule has 0 fully saturated rings. The summed E-state index contributed by atoms with van der Waals surface area (Å²) in [5.41, 5.74) is 3.03. The molecule has 3 aromatic rings. The molecule has 0 bridgehead atoms. The number of ether oxygens (including phenoxy) is 2. The zero-order valence-electron chi connectivity index (χ0n) is 16.8. The molecule has 0 unspecified atom stereocenters. The number of nitrogens with zero attached hydrogens (tertiary/aromatic N) is 1. The number of rotatable bonds is 9. The van der Waals surface area contributed by atoms with E-state index in [-0.39, 0.29) is 5.97 Å². The molecule has 1 heterocycles. The molecule has 3 rings (SSSR count). The van der Waals surface area contributed by atoms with Gasteiger partial charge in [0.05, 0.1) is 19.4 Å². The number of hydrogen-bond donors (Lipinski definition) is 0. The Bertz CT molecular complexity index is 960. The van der Waals surface area contributed by atoms with Crippen LogP contribution in [0.5, 0.6) is 5.75 Å². The molecule has 150 valence electrons. The van der Waals surface area contributed by atoms with Gasteiger partial charge in [0.2, 0.25) is 5.89 Å². The van der Waals surface area contributed by atoms with Crippen LogP contribution in [0.15, 0.2) is 71.2 Å². The second-order valence-electron chi connectivity index (χ2n) is 6.60. The van der Waals surface area contributed by atoms with Crippen molar-refractivity contribution in [1.29, 1.82) is 0 Å². The third kappa shape index (κ3) is 6.07. The van der Waals surface area contributed by atoms with Gasteiger partial charge in [-0.2, -0.15) is 0 Å². The number of aromatic nitrogens is 1. The second-order valence-corrected chi connectivity index (χ2v) is 6.60. The van der Waals surface area contributed by atoms with E-state index in [2.05, 4.69) is 9.72 Å². The molecular formula is C24H25NO4. The molecule has 0 aliphatic carbocycles. The second kappa shape index (κ2) is 10.3. The molecule has 0 atom stereocenters. The number of esters is 1. The smallest absolute Gasteiger partial charge is 0.330 e. The van der Waals surface area contributed by atoms with E-state index in [9.17, 15) is 4.79 Å². The van der Waals surface area contributed by atoms with Crippen molar-refractivity contribution in [3.05, 3.63) is 83.8 Å². The molecule has 5 heteroatoms. The zero-order chi connectivity index (χ0) is 20.5. The van der Waals surface area contributed by atoms with Crippen molar-refractivity contribution in [2.45, 2.75) is 26.2 Å². The SMILES string of the molecule is COC(=O)C=CCCc1cccc(OCCc2nc(-c3ccccc3)oc2C)c1. The van der Waals surface area contributed by atoms with Crippen LogP contribution in [0.2, 0.25) is 0 Å². The number of benzene rings is 2. The highest BCUT2D eigenvalue weighted by molar-refractivity contribution is 5.81. The van der Waals surface area contributed by atoms with Gasteiger partial charge in [0.15, 0.2) is 0 Å². The fraction of sp³-hybridized carbons (Fsp3) is 0.250. The van der Waals surface area contributed by atoms with Gasteiger partial charge in [0, 0.05) is 18.1 Å². The van der Waals surface area contributed by atoms with Gasteiger partial charge >= 0.3 is 5.97 Å². The minimum Gasteiger partial charge on any atom is -0.493 e. The van der Waals surface area contributed by atoms with Crippen LogP contribution in [-0.4, -0.2) is 24.7 Å². The minimum atomic E-state index is -0.333. The highest BCUT2D eigenvalue weighted by Crippen LogP contribution is 2.22. The fourth-order valence-electron chi connectivity index (χ4n) is 2.92. The summed E-state index contributed by atoms with van der Waals surface area (Å²) in [4.78, 5) is 15.7. The quantitative estimate of drug-likeness (QED) is 0.382. The molecule has 5 nitrogen and oxygen atoms in total. The molecule has 0 saturated carbocycles. The summed E-state index contributed by atoms with van der Waals surface area (Å²) in [6.07, 6.45) is 5.53. The summed E-state index contributed by atoms with van der Waals surface area (Å²) < 4.78 is 16.3. The lowest BCUT2D eigenvalue weighted by atomic mass is 10.1. The van der Waals surface area contributed by atoms with Crippen LogP contribution in [0.25, 0.3) is 11.5 Å². The lowest BCUT2D eigenvalue weighted by Crippen LogP contribution is -2.03. The Morgan fingerprint density at radius 3 is 2.72 bits per heavy atom. The number of allylic oxidation sites excluding steroid dienone is 1. The Morgan fingerprint density at radius 2 is 1.93 bits per heavy atom. The van der Waals surface area contributed by atoms with Crippen molar-refractivity contribution in [2.75, 3.05) is 13.7 Å². The van der Waals surface area contributed by atoms with E-state index in [1.165, 1.54) is 13.2 Å². The van der Waals surface area contributed by atoms with Gasteiger partial charge in [-0.25, -0.2) is 9.78 Å². The Kier molecular flexibility index (Phi) is 7.22. The molecule has 0 aliphatic rings. The van der Waals surface area contributed by atoms with E-state index >= 15 is 0 Å². The number of aryl methyl sites for hydroxylation is 2. The van der Waals surface area contributed by atoms with Crippen LogP contribution in [0.1, 0.15) is 23.4 Å². The molecule has 0 N–H and O–H groups in total. The molecule has 0 aliphatic heterocycles. The number of oxazole rings is 1. The van der Waals surface area contributed by atoms with Crippen molar-refractivity contribution in [3.63, 3.8) is 0 Å². The maximum Gasteiger partial charge on any atom is 0.330 e. The van der Waals surface area contributed by atoms with Crippen LogP contribution >= 0.6 is 0 Å². The Balaban J connectivity index is 1.51. The molecule has 2 aromatic carbocycles. The van der Waals surface area contributed by atoms with Crippen molar-refractivity contribution >= 4 is 5.97 Å². The van der Waals surface area contributed by atoms with Crippen molar-refractivity contribution < 1.29 is 18.7 Å². The maximum atomic E-state index is 11.1. The normalized spacial score (nSPS) is 11.0. The first kappa shape index (κ1) is 20.4. The monoisotopic (exact) mass is 391 g/mol. The van der Waals surface area contributed by atoms with Crippen molar-refractivity contribution in [1.82, 2.24) is 4.98 Å². The summed E-state index contributed by atoms with van der Waals surface area (Å²) in [7, 11) is 1.37. The first-order valence-corrected chi connectivity index (χ1v) is 9.63. The van der Waals surface area contributed by atoms with Gasteiger partial charge in [0.25, 0.3) is 0 Å². The molecular weight excluding hydrogens is 366 g/mol. The van der Waals surface area contributed by atoms with Gasteiger partial charge in [0.1, 0.15) is 11.5 Å². The number of hydrogen-bond acceptors (Lipinski definition) is 5. The first-order chi connectivity index (χ1) is 14.2. The lowest BCUT2D eigenvalue weighted by molar-refractivity contribution is -0.134. The summed E-state index contributed by atoms with van der Waals surface area (Å²) in [5, 5.41) is 0. The third-order valence-corrected chi connectivity index (χ3v) is 4.47. The zero-order valence-corrected chi connectivity index (χ0v) is 16.8. The Morgan fingerprint density at radius 1 is 1.10 bits per heavy atom. The van der Waals surface area contributed by atoms with Crippen molar-refractivity contribution in [3.8, 4) is 17.2 Å². The van der Waals surface area contributed by atoms with Crippen molar-refractivity contribution in [2.24, 2.45) is 0 Å². The standard InChI is InChI=1S/C24H25NO4/c1-18-22(25-24(29-18)20-11-4-3-5-12-20)15-16-28-21-13-8-10-19(17-21)9-6-7-14-23(26)27-2/h3-5,7-8,10-14,17H,6,9,15-16H2,1-2H3.